The smallest absolute Gasteiger partial charge is 0.361 e. The van der Waals surface area contributed by atoms with Gasteiger partial charge in [0.2, 0.25) is 0 Å². The van der Waals surface area contributed by atoms with Crippen molar-refractivity contribution in [3.05, 3.63) is 29.8 Å². The van der Waals surface area contributed by atoms with E-state index in [9.17, 15) is 26.7 Å². The number of aliphatic hydroxyl groups is 1. The van der Waals surface area contributed by atoms with Gasteiger partial charge in [-0.15, -0.1) is 4.41 Å². The Labute approximate surface area is 144 Å². The number of sulfonamides is 1. The van der Waals surface area contributed by atoms with Crippen LogP contribution in [-0.2, 0) is 10.0 Å². The first-order chi connectivity index (χ1) is 11.5. The molecule has 1 saturated carbocycles. The van der Waals surface area contributed by atoms with Crippen LogP contribution in [0, 0.1) is 18.8 Å². The van der Waals surface area contributed by atoms with Crippen molar-refractivity contribution in [2.24, 2.45) is 16.9 Å². The molecule has 1 fully saturated rings. The fraction of sp³-hybridized carbons (Fsp3) is 0.562. The molecule has 1 aromatic rings. The van der Waals surface area contributed by atoms with Gasteiger partial charge >= 0.3 is 6.18 Å². The highest BCUT2D eigenvalue weighted by Gasteiger charge is 2.70. The van der Waals surface area contributed by atoms with Crippen molar-refractivity contribution < 1.29 is 26.7 Å². The van der Waals surface area contributed by atoms with Crippen LogP contribution in [0.2, 0.25) is 0 Å². The number of hydrazone groups is 1. The minimum Gasteiger partial charge on any atom is -0.361 e. The first kappa shape index (κ1) is 18.2. The largest absolute Gasteiger partial charge is 0.439 e. The van der Waals surface area contributed by atoms with Crippen molar-refractivity contribution in [3.8, 4) is 0 Å². The molecular weight excluding hydrogens is 357 g/mol. The maximum atomic E-state index is 13.8. The Morgan fingerprint density at radius 3 is 2.40 bits per heavy atom. The van der Waals surface area contributed by atoms with Gasteiger partial charge in [-0.2, -0.15) is 26.7 Å². The molecule has 0 unspecified atom stereocenters. The van der Waals surface area contributed by atoms with Gasteiger partial charge in [0.15, 0.2) is 0 Å². The van der Waals surface area contributed by atoms with Gasteiger partial charge in [0.1, 0.15) is 0 Å². The number of hydrogen-bond acceptors (Lipinski definition) is 4. The molecule has 0 amide bonds. The topological polar surface area (TPSA) is 70.0 Å². The number of aryl methyl sites for hydroxylation is 1. The monoisotopic (exact) mass is 376 g/mol. The molecule has 3 rings (SSSR count). The first-order valence-electron chi connectivity index (χ1n) is 7.99. The summed E-state index contributed by atoms with van der Waals surface area (Å²) >= 11 is 0. The second-order valence-electron chi connectivity index (χ2n) is 6.69. The van der Waals surface area contributed by atoms with Crippen molar-refractivity contribution in [3.63, 3.8) is 0 Å². The zero-order valence-electron chi connectivity index (χ0n) is 13.8. The highest BCUT2D eigenvalue weighted by molar-refractivity contribution is 7.89. The van der Waals surface area contributed by atoms with Crippen molar-refractivity contribution in [2.45, 2.75) is 49.9 Å². The highest BCUT2D eigenvalue weighted by atomic mass is 32.2. The van der Waals surface area contributed by atoms with Crippen LogP contribution in [0.3, 0.4) is 0 Å². The molecule has 1 N–H and O–H groups in total. The quantitative estimate of drug-likeness (QED) is 0.863. The van der Waals surface area contributed by atoms with Gasteiger partial charge in [0, 0.05) is 0 Å². The van der Waals surface area contributed by atoms with E-state index in [-0.39, 0.29) is 27.4 Å². The maximum absolute atomic E-state index is 13.8. The van der Waals surface area contributed by atoms with Gasteiger partial charge in [0.05, 0.1) is 16.5 Å². The Morgan fingerprint density at radius 1 is 1.24 bits per heavy atom. The predicted octanol–water partition coefficient (Wildman–Crippen LogP) is 3.04. The third-order valence-corrected chi connectivity index (χ3v) is 6.62. The summed E-state index contributed by atoms with van der Waals surface area (Å²) in [6, 6.07) is 5.40. The van der Waals surface area contributed by atoms with Crippen LogP contribution in [0.15, 0.2) is 34.3 Å². The lowest BCUT2D eigenvalue weighted by molar-refractivity contribution is -0.306. The molecule has 25 heavy (non-hydrogen) atoms. The Bertz CT molecular complexity index is 805. The lowest BCUT2D eigenvalue weighted by Gasteiger charge is -2.39. The average molecular weight is 376 g/mol. The summed E-state index contributed by atoms with van der Waals surface area (Å²) in [6.45, 7) is 3.43. The number of halogens is 3. The molecule has 3 atom stereocenters. The lowest BCUT2D eigenvalue weighted by atomic mass is 9.76. The fourth-order valence-corrected chi connectivity index (χ4v) is 4.99. The molecule has 0 bridgehead atoms. The molecule has 1 aromatic carbocycles. The number of alkyl halides is 3. The van der Waals surface area contributed by atoms with E-state index in [0.717, 1.165) is 5.56 Å². The summed E-state index contributed by atoms with van der Waals surface area (Å²) in [5, 5.41) is 14.3. The summed E-state index contributed by atoms with van der Waals surface area (Å²) in [6.07, 6.45) is -4.04. The van der Waals surface area contributed by atoms with Crippen molar-refractivity contribution in [2.75, 3.05) is 0 Å². The van der Waals surface area contributed by atoms with Gasteiger partial charge < -0.3 is 5.11 Å². The van der Waals surface area contributed by atoms with Gasteiger partial charge in [0.25, 0.3) is 15.7 Å². The molecule has 1 aliphatic carbocycles. The van der Waals surface area contributed by atoms with Crippen LogP contribution in [0.1, 0.15) is 31.7 Å². The highest BCUT2D eigenvalue weighted by Crippen LogP contribution is 2.50. The Kier molecular flexibility index (Phi) is 4.15. The van der Waals surface area contributed by atoms with Crippen LogP contribution in [0.25, 0.3) is 0 Å². The minimum atomic E-state index is -5.17. The van der Waals surface area contributed by atoms with E-state index in [0.29, 0.717) is 12.8 Å². The second-order valence-corrected chi connectivity index (χ2v) is 8.46. The average Bonchev–Trinajstić information content (AvgIpc) is 2.84. The van der Waals surface area contributed by atoms with E-state index in [1.54, 1.807) is 13.8 Å². The van der Waals surface area contributed by atoms with Crippen molar-refractivity contribution >= 4 is 15.7 Å². The SMILES string of the molecule is Cc1ccc(S(=O)(=O)N2N=C3[C@H](C)CCC[C@H]3[C@]2(O)C(F)(F)F)cc1. The minimum absolute atomic E-state index is 0.0408. The lowest BCUT2D eigenvalue weighted by Crippen LogP contribution is -2.61. The van der Waals surface area contributed by atoms with Crippen LogP contribution in [-0.4, -0.2) is 35.6 Å². The molecule has 1 aliphatic heterocycles. The van der Waals surface area contributed by atoms with Crippen LogP contribution in [0.5, 0.6) is 0 Å². The summed E-state index contributed by atoms with van der Waals surface area (Å²) in [5.41, 5.74) is -2.69. The van der Waals surface area contributed by atoms with Crippen molar-refractivity contribution in [1.29, 1.82) is 0 Å². The number of fused-ring (bicyclic) bond motifs is 1. The zero-order valence-corrected chi connectivity index (χ0v) is 14.6. The number of hydrogen-bond donors (Lipinski definition) is 1. The number of benzene rings is 1. The molecule has 0 saturated heterocycles. The molecule has 5 nitrogen and oxygen atoms in total. The molecule has 138 valence electrons. The summed E-state index contributed by atoms with van der Waals surface area (Å²) in [5.74, 6) is -1.69. The first-order valence-corrected chi connectivity index (χ1v) is 9.43. The van der Waals surface area contributed by atoms with Crippen molar-refractivity contribution in [1.82, 2.24) is 4.41 Å². The number of rotatable bonds is 2. The molecule has 0 spiro atoms. The van der Waals surface area contributed by atoms with Crippen LogP contribution in [0.4, 0.5) is 13.2 Å². The second kappa shape index (κ2) is 5.70. The van der Waals surface area contributed by atoms with Gasteiger partial charge in [-0.25, -0.2) is 0 Å². The normalized spacial score (nSPS) is 30.2. The third-order valence-electron chi connectivity index (χ3n) is 4.94. The number of nitrogens with zero attached hydrogens (tertiary/aromatic N) is 2. The Hall–Kier alpha value is -1.61. The van der Waals surface area contributed by atoms with Gasteiger partial charge in [-0.05, 0) is 37.8 Å². The van der Waals surface area contributed by atoms with E-state index < -0.39 is 27.8 Å². The molecule has 0 aromatic heterocycles. The van der Waals surface area contributed by atoms with Crippen LogP contribution >= 0.6 is 0 Å². The molecule has 2 aliphatic rings. The summed E-state index contributed by atoms with van der Waals surface area (Å²) in [4.78, 5) is -0.337. The summed E-state index contributed by atoms with van der Waals surface area (Å²) in [7, 11) is -4.65. The molecule has 0 radical (unpaired) electrons. The van der Waals surface area contributed by atoms with E-state index in [1.165, 1.54) is 24.3 Å². The molecular formula is C16H19F3N2O3S. The zero-order chi connectivity index (χ0) is 18.6. The van der Waals surface area contributed by atoms with Gasteiger partial charge in [-0.1, -0.05) is 31.0 Å². The summed E-state index contributed by atoms with van der Waals surface area (Å²) < 4.78 is 66.8. The van der Waals surface area contributed by atoms with E-state index in [1.807, 2.05) is 0 Å². The third kappa shape index (κ3) is 2.64. The van der Waals surface area contributed by atoms with E-state index in [2.05, 4.69) is 5.10 Å². The van der Waals surface area contributed by atoms with Crippen LogP contribution < -0.4 is 0 Å². The standard InChI is InChI=1S/C16H19F3N2O3S/c1-10-6-8-12(9-7-10)25(23,24)21-15(22,16(17,18)19)13-5-3-4-11(2)14(13)20-21/h6-9,11,13,22H,3-5H2,1-2H3/t11-,13-,15+/m1/s1. The molecule has 1 heterocycles. The Morgan fingerprint density at radius 2 is 1.84 bits per heavy atom. The molecule has 9 heteroatoms. The van der Waals surface area contributed by atoms with E-state index in [4.69, 9.17) is 0 Å². The maximum Gasteiger partial charge on any atom is 0.439 e. The fourth-order valence-electron chi connectivity index (χ4n) is 3.51. The van der Waals surface area contributed by atoms with Gasteiger partial charge in [-0.3, -0.25) is 0 Å². The predicted molar refractivity (Wildman–Crippen MR) is 85.1 cm³/mol. The van der Waals surface area contributed by atoms with E-state index >= 15 is 0 Å². The Balaban J connectivity index is 2.16.